The standard InChI is InChI=1S/C15H22ClNO.C2H2O4/c1-13-12-14(16)6-7-15(13)18-11-5-10-17-8-3-2-4-9-17;3-1(4)2(5)6/h6-7,12H,2-5,8-11H2,1H3;(H,3,4)(H,5,6). The van der Waals surface area contributed by atoms with E-state index in [2.05, 4.69) is 4.90 Å². The molecule has 0 bridgehead atoms. The number of carboxylic acid groups (broad SMARTS) is 2. The molecule has 6 nitrogen and oxygen atoms in total. The van der Waals surface area contributed by atoms with Crippen LogP contribution in [0.15, 0.2) is 18.2 Å². The molecule has 0 amide bonds. The number of rotatable bonds is 5. The summed E-state index contributed by atoms with van der Waals surface area (Å²) in [5.74, 6) is -2.69. The molecule has 0 unspecified atom stereocenters. The van der Waals surface area contributed by atoms with Gasteiger partial charge in [-0.1, -0.05) is 18.0 Å². The van der Waals surface area contributed by atoms with Crippen molar-refractivity contribution in [1.82, 2.24) is 4.90 Å². The molecule has 0 atom stereocenters. The van der Waals surface area contributed by atoms with Gasteiger partial charge < -0.3 is 19.8 Å². The number of hydrogen-bond acceptors (Lipinski definition) is 4. The van der Waals surface area contributed by atoms with E-state index in [9.17, 15) is 0 Å². The maximum Gasteiger partial charge on any atom is 0.414 e. The summed E-state index contributed by atoms with van der Waals surface area (Å²) in [6.07, 6.45) is 5.22. The molecule has 1 heterocycles. The molecular formula is C17H24ClNO5. The van der Waals surface area contributed by atoms with E-state index in [4.69, 9.17) is 36.1 Å². The Morgan fingerprint density at radius 2 is 1.79 bits per heavy atom. The highest BCUT2D eigenvalue weighted by Crippen LogP contribution is 2.21. The Hall–Kier alpha value is -1.79. The van der Waals surface area contributed by atoms with Crippen molar-refractivity contribution in [2.45, 2.75) is 32.6 Å². The average molecular weight is 358 g/mol. The van der Waals surface area contributed by atoms with E-state index in [1.54, 1.807) is 0 Å². The van der Waals surface area contributed by atoms with Gasteiger partial charge in [0, 0.05) is 11.6 Å². The minimum atomic E-state index is -1.82. The molecule has 1 aliphatic heterocycles. The first kappa shape index (κ1) is 20.3. The summed E-state index contributed by atoms with van der Waals surface area (Å²) in [5.41, 5.74) is 1.11. The molecule has 2 N–H and O–H groups in total. The number of aliphatic carboxylic acids is 2. The Morgan fingerprint density at radius 1 is 1.17 bits per heavy atom. The topological polar surface area (TPSA) is 87.1 Å². The normalized spacial score (nSPS) is 14.4. The fourth-order valence-electron chi connectivity index (χ4n) is 2.43. The van der Waals surface area contributed by atoms with E-state index in [0.29, 0.717) is 0 Å². The lowest BCUT2D eigenvalue weighted by molar-refractivity contribution is -0.159. The van der Waals surface area contributed by atoms with E-state index in [1.165, 1.54) is 32.4 Å². The maximum absolute atomic E-state index is 9.10. The Bertz CT molecular complexity index is 532. The van der Waals surface area contributed by atoms with Gasteiger partial charge in [0.1, 0.15) is 5.75 Å². The van der Waals surface area contributed by atoms with Crippen LogP contribution in [0.1, 0.15) is 31.2 Å². The van der Waals surface area contributed by atoms with Gasteiger partial charge in [0.25, 0.3) is 0 Å². The van der Waals surface area contributed by atoms with Crippen molar-refractivity contribution in [1.29, 1.82) is 0 Å². The Labute approximate surface area is 147 Å². The first-order valence-corrected chi connectivity index (χ1v) is 8.35. The number of hydrogen-bond donors (Lipinski definition) is 2. The van der Waals surface area contributed by atoms with Crippen LogP contribution in [0.4, 0.5) is 0 Å². The predicted octanol–water partition coefficient (Wildman–Crippen LogP) is 3.06. The van der Waals surface area contributed by atoms with Gasteiger partial charge in [-0.15, -0.1) is 0 Å². The fraction of sp³-hybridized carbons (Fsp3) is 0.529. The van der Waals surface area contributed by atoms with Crippen LogP contribution in [0.25, 0.3) is 0 Å². The number of likely N-dealkylation sites (tertiary alicyclic amines) is 1. The summed E-state index contributed by atoms with van der Waals surface area (Å²) in [6, 6.07) is 5.79. The van der Waals surface area contributed by atoms with Gasteiger partial charge in [0.15, 0.2) is 0 Å². The number of carboxylic acids is 2. The Balaban J connectivity index is 0.000000413. The first-order chi connectivity index (χ1) is 11.4. The molecule has 1 fully saturated rings. The van der Waals surface area contributed by atoms with Crippen molar-refractivity contribution >= 4 is 23.5 Å². The summed E-state index contributed by atoms with van der Waals surface area (Å²) < 4.78 is 5.80. The van der Waals surface area contributed by atoms with E-state index in [1.807, 2.05) is 25.1 Å². The zero-order chi connectivity index (χ0) is 17.9. The third-order valence-corrected chi connectivity index (χ3v) is 3.88. The molecule has 24 heavy (non-hydrogen) atoms. The molecule has 0 aliphatic carbocycles. The number of ether oxygens (including phenoxy) is 1. The number of benzene rings is 1. The highest BCUT2D eigenvalue weighted by Gasteiger charge is 2.09. The minimum Gasteiger partial charge on any atom is -0.493 e. The van der Waals surface area contributed by atoms with Crippen LogP contribution in [0.3, 0.4) is 0 Å². The maximum atomic E-state index is 9.10. The van der Waals surface area contributed by atoms with Gasteiger partial charge in [0.2, 0.25) is 0 Å². The largest absolute Gasteiger partial charge is 0.493 e. The predicted molar refractivity (Wildman–Crippen MR) is 91.9 cm³/mol. The van der Waals surface area contributed by atoms with Crippen molar-refractivity contribution in [3.05, 3.63) is 28.8 Å². The summed E-state index contributed by atoms with van der Waals surface area (Å²) >= 11 is 5.92. The zero-order valence-corrected chi connectivity index (χ0v) is 14.6. The van der Waals surface area contributed by atoms with Crippen molar-refractivity contribution in [3.8, 4) is 5.75 Å². The molecular weight excluding hydrogens is 334 g/mol. The average Bonchev–Trinajstić information content (AvgIpc) is 2.54. The van der Waals surface area contributed by atoms with Crippen LogP contribution in [0, 0.1) is 6.92 Å². The van der Waals surface area contributed by atoms with Crippen LogP contribution < -0.4 is 4.74 Å². The molecule has 2 rings (SSSR count). The number of piperidine rings is 1. The van der Waals surface area contributed by atoms with Gasteiger partial charge in [-0.2, -0.15) is 0 Å². The smallest absolute Gasteiger partial charge is 0.414 e. The number of nitrogens with zero attached hydrogens (tertiary/aromatic N) is 1. The van der Waals surface area contributed by atoms with Crippen LogP contribution in [0.2, 0.25) is 5.02 Å². The molecule has 1 saturated heterocycles. The lowest BCUT2D eigenvalue weighted by atomic mass is 10.1. The summed E-state index contributed by atoms with van der Waals surface area (Å²) in [7, 11) is 0. The summed E-state index contributed by atoms with van der Waals surface area (Å²) in [5, 5.41) is 15.6. The Morgan fingerprint density at radius 3 is 2.33 bits per heavy atom. The van der Waals surface area contributed by atoms with Crippen molar-refractivity contribution in [2.24, 2.45) is 0 Å². The van der Waals surface area contributed by atoms with E-state index in [-0.39, 0.29) is 0 Å². The quantitative estimate of drug-likeness (QED) is 0.622. The molecule has 1 aromatic carbocycles. The first-order valence-electron chi connectivity index (χ1n) is 7.97. The third kappa shape index (κ3) is 8.17. The molecule has 0 aromatic heterocycles. The minimum absolute atomic E-state index is 0.771. The van der Waals surface area contributed by atoms with Gasteiger partial charge in [-0.3, -0.25) is 0 Å². The van der Waals surface area contributed by atoms with Gasteiger partial charge >= 0.3 is 11.9 Å². The van der Waals surface area contributed by atoms with Gasteiger partial charge in [-0.25, -0.2) is 9.59 Å². The second kappa shape index (κ2) is 10.9. The van der Waals surface area contributed by atoms with Crippen LogP contribution >= 0.6 is 11.6 Å². The molecule has 1 aromatic rings. The molecule has 7 heteroatoms. The van der Waals surface area contributed by atoms with Crippen molar-refractivity contribution < 1.29 is 24.5 Å². The number of carbonyl (C=O) groups is 2. The third-order valence-electron chi connectivity index (χ3n) is 3.64. The second-order valence-electron chi connectivity index (χ2n) is 5.62. The van der Waals surface area contributed by atoms with Gasteiger partial charge in [0.05, 0.1) is 6.61 Å². The lowest BCUT2D eigenvalue weighted by Crippen LogP contribution is -2.31. The van der Waals surface area contributed by atoms with Crippen LogP contribution in [-0.2, 0) is 9.59 Å². The summed E-state index contributed by atoms with van der Waals surface area (Å²) in [6.45, 7) is 6.51. The number of aryl methyl sites for hydroxylation is 1. The number of halogens is 1. The Kier molecular flexibility index (Phi) is 9.19. The molecule has 134 valence electrons. The van der Waals surface area contributed by atoms with Crippen molar-refractivity contribution in [3.63, 3.8) is 0 Å². The highest BCUT2D eigenvalue weighted by atomic mass is 35.5. The molecule has 1 aliphatic rings. The summed E-state index contributed by atoms with van der Waals surface area (Å²) in [4.78, 5) is 20.7. The van der Waals surface area contributed by atoms with Gasteiger partial charge in [-0.05, 0) is 63.0 Å². The molecule has 0 spiro atoms. The van der Waals surface area contributed by atoms with Crippen LogP contribution in [0.5, 0.6) is 5.75 Å². The highest BCUT2D eigenvalue weighted by molar-refractivity contribution is 6.30. The van der Waals surface area contributed by atoms with E-state index in [0.717, 1.165) is 35.9 Å². The fourth-order valence-corrected chi connectivity index (χ4v) is 2.65. The van der Waals surface area contributed by atoms with Crippen LogP contribution in [-0.4, -0.2) is 53.3 Å². The molecule has 0 saturated carbocycles. The lowest BCUT2D eigenvalue weighted by Gasteiger charge is -2.26. The SMILES string of the molecule is Cc1cc(Cl)ccc1OCCCN1CCCCC1.O=C(O)C(=O)O. The van der Waals surface area contributed by atoms with E-state index >= 15 is 0 Å². The zero-order valence-electron chi connectivity index (χ0n) is 13.8. The van der Waals surface area contributed by atoms with Crippen molar-refractivity contribution in [2.75, 3.05) is 26.2 Å². The van der Waals surface area contributed by atoms with E-state index < -0.39 is 11.9 Å². The monoisotopic (exact) mass is 357 g/mol. The molecule has 0 radical (unpaired) electrons. The second-order valence-corrected chi connectivity index (χ2v) is 6.06.